The molecule has 0 aliphatic carbocycles. The monoisotopic (exact) mass is 321 g/mol. The summed E-state index contributed by atoms with van der Waals surface area (Å²) in [5.41, 5.74) is 2.31. The SMILES string of the molecule is CCCCn1cc(C)nc1NCc1cccc(Br)c1. The summed E-state index contributed by atoms with van der Waals surface area (Å²) in [7, 11) is 0. The van der Waals surface area contributed by atoms with Crippen LogP contribution in [0.2, 0.25) is 0 Å². The summed E-state index contributed by atoms with van der Waals surface area (Å²) in [5.74, 6) is 0.964. The summed E-state index contributed by atoms with van der Waals surface area (Å²) in [5, 5.41) is 3.42. The number of rotatable bonds is 6. The van der Waals surface area contributed by atoms with Crippen molar-refractivity contribution in [2.45, 2.75) is 39.8 Å². The second-order valence-corrected chi connectivity index (χ2v) is 5.65. The fraction of sp³-hybridized carbons (Fsp3) is 0.400. The number of aromatic nitrogens is 2. The van der Waals surface area contributed by atoms with Crippen molar-refractivity contribution in [2.75, 3.05) is 5.32 Å². The zero-order valence-electron chi connectivity index (χ0n) is 11.5. The van der Waals surface area contributed by atoms with Gasteiger partial charge >= 0.3 is 0 Å². The Labute approximate surface area is 123 Å². The van der Waals surface area contributed by atoms with Crippen LogP contribution in [0.25, 0.3) is 0 Å². The highest BCUT2D eigenvalue weighted by Crippen LogP contribution is 2.14. The molecular formula is C15H20BrN3. The van der Waals surface area contributed by atoms with Gasteiger partial charge in [-0.15, -0.1) is 0 Å². The number of hydrogen-bond donors (Lipinski definition) is 1. The molecule has 19 heavy (non-hydrogen) atoms. The van der Waals surface area contributed by atoms with Crippen molar-refractivity contribution in [2.24, 2.45) is 0 Å². The van der Waals surface area contributed by atoms with E-state index in [4.69, 9.17) is 0 Å². The molecular weight excluding hydrogens is 302 g/mol. The molecule has 0 radical (unpaired) electrons. The van der Waals surface area contributed by atoms with Crippen molar-refractivity contribution in [1.82, 2.24) is 9.55 Å². The number of halogens is 1. The van der Waals surface area contributed by atoms with E-state index in [1.54, 1.807) is 0 Å². The molecule has 1 aromatic heterocycles. The van der Waals surface area contributed by atoms with Gasteiger partial charge in [-0.05, 0) is 31.0 Å². The minimum absolute atomic E-state index is 0.794. The standard InChI is InChI=1S/C15H20BrN3/c1-3-4-8-19-11-12(2)18-15(19)17-10-13-6-5-7-14(16)9-13/h5-7,9,11H,3-4,8,10H2,1-2H3,(H,17,18). The van der Waals surface area contributed by atoms with Gasteiger partial charge in [0.15, 0.2) is 0 Å². The number of benzene rings is 1. The molecule has 102 valence electrons. The van der Waals surface area contributed by atoms with Crippen molar-refractivity contribution in [3.63, 3.8) is 0 Å². The van der Waals surface area contributed by atoms with Crippen LogP contribution in [0, 0.1) is 6.92 Å². The van der Waals surface area contributed by atoms with Crippen LogP contribution in [0.1, 0.15) is 31.0 Å². The summed E-state index contributed by atoms with van der Waals surface area (Å²) < 4.78 is 3.31. The van der Waals surface area contributed by atoms with Crippen LogP contribution >= 0.6 is 15.9 Å². The molecule has 0 atom stereocenters. The highest BCUT2D eigenvalue weighted by Gasteiger charge is 2.04. The summed E-state index contributed by atoms with van der Waals surface area (Å²) in [6.45, 7) is 6.06. The average molecular weight is 322 g/mol. The lowest BCUT2D eigenvalue weighted by Crippen LogP contribution is -2.07. The van der Waals surface area contributed by atoms with E-state index in [0.29, 0.717) is 0 Å². The fourth-order valence-electron chi connectivity index (χ4n) is 2.01. The van der Waals surface area contributed by atoms with Crippen molar-refractivity contribution >= 4 is 21.9 Å². The Hall–Kier alpha value is -1.29. The number of nitrogens with zero attached hydrogens (tertiary/aromatic N) is 2. The largest absolute Gasteiger partial charge is 0.352 e. The Kier molecular flexibility index (Phi) is 5.02. The lowest BCUT2D eigenvalue weighted by Gasteiger charge is -2.09. The fourth-order valence-corrected chi connectivity index (χ4v) is 2.46. The molecule has 3 nitrogen and oxygen atoms in total. The number of anilines is 1. The maximum atomic E-state index is 4.54. The van der Waals surface area contributed by atoms with Gasteiger partial charge in [-0.1, -0.05) is 41.4 Å². The van der Waals surface area contributed by atoms with Gasteiger partial charge < -0.3 is 9.88 Å². The molecule has 0 aliphatic heterocycles. The smallest absolute Gasteiger partial charge is 0.203 e. The maximum Gasteiger partial charge on any atom is 0.203 e. The number of imidazole rings is 1. The maximum absolute atomic E-state index is 4.54. The third-order valence-corrected chi connectivity index (χ3v) is 3.48. The Morgan fingerprint density at radius 3 is 2.95 bits per heavy atom. The molecule has 2 rings (SSSR count). The van der Waals surface area contributed by atoms with Gasteiger partial charge in [-0.3, -0.25) is 0 Å². The van der Waals surface area contributed by atoms with Gasteiger partial charge in [0.05, 0.1) is 5.69 Å². The van der Waals surface area contributed by atoms with E-state index in [-0.39, 0.29) is 0 Å². The molecule has 0 amide bonds. The number of aryl methyl sites for hydroxylation is 2. The number of hydrogen-bond acceptors (Lipinski definition) is 2. The molecule has 0 unspecified atom stereocenters. The van der Waals surface area contributed by atoms with Crippen LogP contribution in [-0.4, -0.2) is 9.55 Å². The zero-order valence-corrected chi connectivity index (χ0v) is 13.1. The van der Waals surface area contributed by atoms with Crippen molar-refractivity contribution < 1.29 is 0 Å². The summed E-state index contributed by atoms with van der Waals surface area (Å²) in [6, 6.07) is 8.33. The summed E-state index contributed by atoms with van der Waals surface area (Å²) in [4.78, 5) is 4.54. The number of nitrogens with one attached hydrogen (secondary N) is 1. The predicted octanol–water partition coefficient (Wildman–Crippen LogP) is 4.37. The first-order valence-electron chi connectivity index (χ1n) is 6.71. The van der Waals surface area contributed by atoms with Crippen molar-refractivity contribution in [3.05, 3.63) is 46.2 Å². The van der Waals surface area contributed by atoms with E-state index in [9.17, 15) is 0 Å². The predicted molar refractivity (Wildman–Crippen MR) is 83.3 cm³/mol. The Morgan fingerprint density at radius 2 is 2.21 bits per heavy atom. The Morgan fingerprint density at radius 1 is 1.37 bits per heavy atom. The molecule has 0 saturated heterocycles. The van der Waals surface area contributed by atoms with Gasteiger partial charge in [0.2, 0.25) is 5.95 Å². The van der Waals surface area contributed by atoms with Crippen LogP contribution in [0.3, 0.4) is 0 Å². The van der Waals surface area contributed by atoms with Gasteiger partial charge in [0.1, 0.15) is 0 Å². The molecule has 0 fully saturated rings. The lowest BCUT2D eigenvalue weighted by atomic mass is 10.2. The third-order valence-electron chi connectivity index (χ3n) is 2.99. The highest BCUT2D eigenvalue weighted by molar-refractivity contribution is 9.10. The van der Waals surface area contributed by atoms with Crippen LogP contribution in [-0.2, 0) is 13.1 Å². The van der Waals surface area contributed by atoms with E-state index < -0.39 is 0 Å². The molecule has 2 aromatic rings. The molecule has 0 bridgehead atoms. The zero-order chi connectivity index (χ0) is 13.7. The topological polar surface area (TPSA) is 29.9 Å². The molecule has 1 aromatic carbocycles. The first kappa shape index (κ1) is 14.1. The second kappa shape index (κ2) is 6.75. The van der Waals surface area contributed by atoms with Crippen molar-refractivity contribution in [3.8, 4) is 0 Å². The van der Waals surface area contributed by atoms with Gasteiger partial charge in [-0.25, -0.2) is 4.98 Å². The van der Waals surface area contributed by atoms with E-state index >= 15 is 0 Å². The molecule has 0 spiro atoms. The molecule has 1 heterocycles. The van der Waals surface area contributed by atoms with Crippen molar-refractivity contribution in [1.29, 1.82) is 0 Å². The minimum atomic E-state index is 0.794. The van der Waals surface area contributed by atoms with Gasteiger partial charge in [-0.2, -0.15) is 0 Å². The normalized spacial score (nSPS) is 10.7. The average Bonchev–Trinajstić information content (AvgIpc) is 2.74. The highest BCUT2D eigenvalue weighted by atomic mass is 79.9. The van der Waals surface area contributed by atoms with Crippen LogP contribution in [0.15, 0.2) is 34.9 Å². The Bertz CT molecular complexity index is 534. The van der Waals surface area contributed by atoms with Crippen LogP contribution < -0.4 is 5.32 Å². The van der Waals surface area contributed by atoms with Gasteiger partial charge in [0.25, 0.3) is 0 Å². The van der Waals surface area contributed by atoms with Crippen LogP contribution in [0.5, 0.6) is 0 Å². The first-order chi connectivity index (χ1) is 9.19. The van der Waals surface area contributed by atoms with Crippen LogP contribution in [0.4, 0.5) is 5.95 Å². The first-order valence-corrected chi connectivity index (χ1v) is 7.50. The lowest BCUT2D eigenvalue weighted by molar-refractivity contribution is 0.634. The van der Waals surface area contributed by atoms with E-state index in [2.05, 4.69) is 62.1 Å². The quantitative estimate of drug-likeness (QED) is 0.856. The molecule has 0 saturated carbocycles. The molecule has 1 N–H and O–H groups in total. The summed E-state index contributed by atoms with van der Waals surface area (Å²) in [6.07, 6.45) is 4.49. The van der Waals surface area contributed by atoms with E-state index in [1.165, 1.54) is 18.4 Å². The van der Waals surface area contributed by atoms with E-state index in [1.807, 2.05) is 13.0 Å². The molecule has 0 aliphatic rings. The second-order valence-electron chi connectivity index (χ2n) is 4.74. The molecule has 4 heteroatoms. The third kappa shape index (κ3) is 4.10. The Balaban J connectivity index is 2.02. The van der Waals surface area contributed by atoms with E-state index in [0.717, 1.165) is 29.2 Å². The van der Waals surface area contributed by atoms with Gasteiger partial charge in [0, 0.05) is 23.8 Å². The summed E-state index contributed by atoms with van der Waals surface area (Å²) >= 11 is 3.49. The minimum Gasteiger partial charge on any atom is -0.352 e. The number of unbranched alkanes of at least 4 members (excludes halogenated alkanes) is 1.